The molecule has 0 fully saturated rings. The van der Waals surface area contributed by atoms with Gasteiger partial charge in [0.1, 0.15) is 5.75 Å². The van der Waals surface area contributed by atoms with Gasteiger partial charge in [-0.1, -0.05) is 17.3 Å². The van der Waals surface area contributed by atoms with E-state index in [-0.39, 0.29) is 11.7 Å². The molecule has 1 amide bonds. The van der Waals surface area contributed by atoms with Gasteiger partial charge < -0.3 is 21.0 Å². The van der Waals surface area contributed by atoms with E-state index in [2.05, 4.69) is 10.5 Å². The van der Waals surface area contributed by atoms with Gasteiger partial charge in [0, 0.05) is 6.42 Å². The van der Waals surface area contributed by atoms with Crippen molar-refractivity contribution in [2.75, 3.05) is 7.11 Å². The molecule has 1 aromatic carbocycles. The summed E-state index contributed by atoms with van der Waals surface area (Å²) in [7, 11) is 1.61. The summed E-state index contributed by atoms with van der Waals surface area (Å²) in [5, 5.41) is 14.3. The SMILES string of the molecule is COc1ccc(CCC(=O)NC(C)(C)/C(N)=N/O)cc1. The van der Waals surface area contributed by atoms with Crippen molar-refractivity contribution in [3.05, 3.63) is 29.8 Å². The van der Waals surface area contributed by atoms with Gasteiger partial charge in [-0.25, -0.2) is 0 Å². The fourth-order valence-corrected chi connectivity index (χ4v) is 1.65. The molecule has 6 nitrogen and oxygen atoms in total. The summed E-state index contributed by atoms with van der Waals surface area (Å²) < 4.78 is 5.07. The predicted molar refractivity (Wildman–Crippen MR) is 76.9 cm³/mol. The summed E-state index contributed by atoms with van der Waals surface area (Å²) in [6, 6.07) is 7.54. The smallest absolute Gasteiger partial charge is 0.221 e. The number of methoxy groups -OCH3 is 1. The molecular formula is C14H21N3O3. The fourth-order valence-electron chi connectivity index (χ4n) is 1.65. The molecule has 0 atom stereocenters. The molecule has 0 spiro atoms. The third-order valence-electron chi connectivity index (χ3n) is 3.00. The van der Waals surface area contributed by atoms with Gasteiger partial charge in [0.15, 0.2) is 5.84 Å². The van der Waals surface area contributed by atoms with Crippen molar-refractivity contribution < 1.29 is 14.7 Å². The topological polar surface area (TPSA) is 96.9 Å². The molecule has 0 heterocycles. The fraction of sp³-hybridized carbons (Fsp3) is 0.429. The lowest BCUT2D eigenvalue weighted by Gasteiger charge is -2.24. The number of hydrogen-bond acceptors (Lipinski definition) is 4. The Labute approximate surface area is 118 Å². The number of rotatable bonds is 6. The maximum atomic E-state index is 11.8. The van der Waals surface area contributed by atoms with Gasteiger partial charge in [-0.15, -0.1) is 0 Å². The molecule has 0 unspecified atom stereocenters. The Hall–Kier alpha value is -2.24. The van der Waals surface area contributed by atoms with Crippen LogP contribution >= 0.6 is 0 Å². The number of nitrogens with two attached hydrogens (primary N) is 1. The molecule has 4 N–H and O–H groups in total. The van der Waals surface area contributed by atoms with Gasteiger partial charge in [0.05, 0.1) is 12.6 Å². The molecule has 6 heteroatoms. The van der Waals surface area contributed by atoms with Gasteiger partial charge in [0.25, 0.3) is 0 Å². The van der Waals surface area contributed by atoms with Crippen molar-refractivity contribution in [1.82, 2.24) is 5.32 Å². The van der Waals surface area contributed by atoms with E-state index < -0.39 is 5.54 Å². The van der Waals surface area contributed by atoms with Gasteiger partial charge in [-0.3, -0.25) is 4.79 Å². The van der Waals surface area contributed by atoms with Crippen molar-refractivity contribution in [3.8, 4) is 5.75 Å². The van der Waals surface area contributed by atoms with Crippen LogP contribution in [0.1, 0.15) is 25.8 Å². The van der Waals surface area contributed by atoms with E-state index in [9.17, 15) is 4.79 Å². The van der Waals surface area contributed by atoms with Gasteiger partial charge in [-0.05, 0) is 38.0 Å². The number of oxime groups is 1. The summed E-state index contributed by atoms with van der Waals surface area (Å²) in [6.07, 6.45) is 0.941. The summed E-state index contributed by atoms with van der Waals surface area (Å²) in [5.41, 5.74) is 5.68. The molecule has 1 rings (SSSR count). The number of hydrogen-bond donors (Lipinski definition) is 3. The number of aryl methyl sites for hydroxylation is 1. The Morgan fingerprint density at radius 1 is 1.40 bits per heavy atom. The monoisotopic (exact) mass is 279 g/mol. The van der Waals surface area contributed by atoms with E-state index in [1.807, 2.05) is 24.3 Å². The molecule has 0 saturated heterocycles. The molecular weight excluding hydrogens is 258 g/mol. The number of ether oxygens (including phenoxy) is 1. The van der Waals surface area contributed by atoms with E-state index in [0.717, 1.165) is 11.3 Å². The highest BCUT2D eigenvalue weighted by molar-refractivity contribution is 5.93. The van der Waals surface area contributed by atoms with Crippen LogP contribution in [0, 0.1) is 0 Å². The second-order valence-electron chi connectivity index (χ2n) is 5.01. The largest absolute Gasteiger partial charge is 0.497 e. The van der Waals surface area contributed by atoms with Gasteiger partial charge in [-0.2, -0.15) is 0 Å². The summed E-state index contributed by atoms with van der Waals surface area (Å²) >= 11 is 0. The molecule has 0 aromatic heterocycles. The Bertz CT molecular complexity index is 481. The van der Waals surface area contributed by atoms with Crippen LogP contribution in [0.15, 0.2) is 29.4 Å². The lowest BCUT2D eigenvalue weighted by Crippen LogP contribution is -2.53. The minimum Gasteiger partial charge on any atom is -0.497 e. The second-order valence-corrected chi connectivity index (χ2v) is 5.01. The standard InChI is InChI=1S/C14H21N3O3/c1-14(2,13(15)17-19)16-12(18)9-6-10-4-7-11(20-3)8-5-10/h4-5,7-8,19H,6,9H2,1-3H3,(H2,15,17)(H,16,18). The van der Waals surface area contributed by atoms with E-state index >= 15 is 0 Å². The number of nitrogens with zero attached hydrogens (tertiary/aromatic N) is 1. The molecule has 0 saturated carbocycles. The highest BCUT2D eigenvalue weighted by Crippen LogP contribution is 2.13. The molecule has 0 bridgehead atoms. The highest BCUT2D eigenvalue weighted by Gasteiger charge is 2.25. The Balaban J connectivity index is 2.51. The summed E-state index contributed by atoms with van der Waals surface area (Å²) in [6.45, 7) is 3.35. The van der Waals surface area contributed by atoms with Crippen molar-refractivity contribution in [2.24, 2.45) is 10.9 Å². The molecule has 0 aliphatic rings. The van der Waals surface area contributed by atoms with Crippen molar-refractivity contribution >= 4 is 11.7 Å². The van der Waals surface area contributed by atoms with Crippen LogP contribution in [-0.2, 0) is 11.2 Å². The number of carbonyl (C=O) groups excluding carboxylic acids is 1. The van der Waals surface area contributed by atoms with E-state index in [1.165, 1.54) is 0 Å². The first-order chi connectivity index (χ1) is 9.39. The third kappa shape index (κ3) is 4.46. The Kier molecular flexibility index (Phi) is 5.37. The van der Waals surface area contributed by atoms with Crippen LogP contribution in [0.2, 0.25) is 0 Å². The maximum Gasteiger partial charge on any atom is 0.221 e. The number of carbonyl (C=O) groups is 1. The molecule has 20 heavy (non-hydrogen) atoms. The van der Waals surface area contributed by atoms with Crippen LogP contribution < -0.4 is 15.8 Å². The Morgan fingerprint density at radius 2 is 2.00 bits per heavy atom. The van der Waals surface area contributed by atoms with Crippen LogP contribution in [0.5, 0.6) is 5.75 Å². The van der Waals surface area contributed by atoms with Crippen molar-refractivity contribution in [1.29, 1.82) is 0 Å². The lowest BCUT2D eigenvalue weighted by molar-refractivity contribution is -0.122. The summed E-state index contributed by atoms with van der Waals surface area (Å²) in [5.74, 6) is 0.596. The number of amidine groups is 1. The zero-order chi connectivity index (χ0) is 15.2. The van der Waals surface area contributed by atoms with Crippen molar-refractivity contribution in [3.63, 3.8) is 0 Å². The number of benzene rings is 1. The molecule has 1 aromatic rings. The summed E-state index contributed by atoms with van der Waals surface area (Å²) in [4.78, 5) is 11.8. The van der Waals surface area contributed by atoms with E-state index in [0.29, 0.717) is 12.8 Å². The lowest BCUT2D eigenvalue weighted by atomic mass is 10.0. The quantitative estimate of drug-likeness (QED) is 0.316. The first kappa shape index (κ1) is 15.8. The average molecular weight is 279 g/mol. The highest BCUT2D eigenvalue weighted by atomic mass is 16.5. The molecule has 0 radical (unpaired) electrons. The van der Waals surface area contributed by atoms with Gasteiger partial charge in [0.2, 0.25) is 5.91 Å². The maximum absolute atomic E-state index is 11.8. The predicted octanol–water partition coefficient (Wildman–Crippen LogP) is 1.27. The van der Waals surface area contributed by atoms with Gasteiger partial charge >= 0.3 is 0 Å². The zero-order valence-electron chi connectivity index (χ0n) is 12.0. The average Bonchev–Trinajstić information content (AvgIpc) is 2.44. The third-order valence-corrected chi connectivity index (χ3v) is 3.00. The zero-order valence-corrected chi connectivity index (χ0v) is 12.0. The number of amides is 1. The van der Waals surface area contributed by atoms with Crippen LogP contribution in [0.4, 0.5) is 0 Å². The molecule has 0 aliphatic heterocycles. The van der Waals surface area contributed by atoms with Crippen LogP contribution in [-0.4, -0.2) is 29.6 Å². The first-order valence-corrected chi connectivity index (χ1v) is 6.31. The molecule has 110 valence electrons. The first-order valence-electron chi connectivity index (χ1n) is 6.31. The van der Waals surface area contributed by atoms with E-state index in [4.69, 9.17) is 15.7 Å². The molecule has 0 aliphatic carbocycles. The minimum atomic E-state index is -0.869. The normalized spacial score (nSPS) is 12.1. The van der Waals surface area contributed by atoms with E-state index in [1.54, 1.807) is 21.0 Å². The number of nitrogens with one attached hydrogen (secondary N) is 1. The minimum absolute atomic E-state index is 0.0321. The van der Waals surface area contributed by atoms with Crippen LogP contribution in [0.25, 0.3) is 0 Å². The van der Waals surface area contributed by atoms with Crippen LogP contribution in [0.3, 0.4) is 0 Å². The van der Waals surface area contributed by atoms with Crippen molar-refractivity contribution in [2.45, 2.75) is 32.2 Å². The Morgan fingerprint density at radius 3 is 2.50 bits per heavy atom. The second kappa shape index (κ2) is 6.79.